The molecule has 1 heteroatoms. The van der Waals surface area contributed by atoms with Gasteiger partial charge in [-0.3, -0.25) is 0 Å². The Kier molecular flexibility index (Phi) is 5.14. The van der Waals surface area contributed by atoms with Gasteiger partial charge in [-0.05, 0) is 24.2 Å². The fourth-order valence-corrected chi connectivity index (χ4v) is 1.78. The van der Waals surface area contributed by atoms with Crippen LogP contribution in [0.5, 0.6) is 0 Å². The Hall–Kier alpha value is -0.560. The molecule has 2 N–H and O–H groups in total. The molecule has 0 aliphatic carbocycles. The van der Waals surface area contributed by atoms with Crippen LogP contribution in [-0.4, -0.2) is 6.54 Å². The fourth-order valence-electron chi connectivity index (χ4n) is 1.78. The Bertz CT molecular complexity index is 211. The molecule has 0 saturated carbocycles. The van der Waals surface area contributed by atoms with E-state index in [9.17, 15) is 0 Å². The molecule has 0 amide bonds. The second-order valence-electron chi connectivity index (χ2n) is 5.22. The summed E-state index contributed by atoms with van der Waals surface area (Å²) in [4.78, 5) is 0. The molecule has 0 rings (SSSR count). The minimum atomic E-state index is 0.201. The third kappa shape index (κ3) is 4.61. The van der Waals surface area contributed by atoms with Gasteiger partial charge in [0.2, 0.25) is 0 Å². The van der Waals surface area contributed by atoms with Gasteiger partial charge in [0.25, 0.3) is 0 Å². The van der Waals surface area contributed by atoms with Crippen LogP contribution in [0.3, 0.4) is 0 Å². The first kappa shape index (κ1) is 13.4. The van der Waals surface area contributed by atoms with Gasteiger partial charge in [-0.25, -0.2) is 0 Å². The van der Waals surface area contributed by atoms with E-state index in [0.717, 1.165) is 12.0 Å². The molecular formula is C13H25N. The van der Waals surface area contributed by atoms with Crippen molar-refractivity contribution in [3.05, 3.63) is 24.3 Å². The summed E-state index contributed by atoms with van der Waals surface area (Å²) in [5.74, 6) is 0.702. The third-order valence-electron chi connectivity index (χ3n) is 2.63. The summed E-state index contributed by atoms with van der Waals surface area (Å²) < 4.78 is 0. The van der Waals surface area contributed by atoms with E-state index in [-0.39, 0.29) is 5.41 Å². The van der Waals surface area contributed by atoms with Crippen molar-refractivity contribution in [1.82, 2.24) is 0 Å². The van der Waals surface area contributed by atoms with Crippen molar-refractivity contribution in [2.75, 3.05) is 6.54 Å². The van der Waals surface area contributed by atoms with Crippen molar-refractivity contribution >= 4 is 0 Å². The van der Waals surface area contributed by atoms with Gasteiger partial charge in [0.15, 0.2) is 0 Å². The first-order valence-electron chi connectivity index (χ1n) is 5.34. The van der Waals surface area contributed by atoms with Crippen molar-refractivity contribution < 1.29 is 0 Å². The van der Waals surface area contributed by atoms with E-state index >= 15 is 0 Å². The quantitative estimate of drug-likeness (QED) is 0.645. The highest BCUT2D eigenvalue weighted by molar-refractivity contribution is 5.16. The molecule has 1 nitrogen and oxygen atoms in total. The summed E-state index contributed by atoms with van der Waals surface area (Å²) in [6.07, 6.45) is 2.04. The average molecular weight is 195 g/mol. The Labute approximate surface area is 89.1 Å². The van der Waals surface area contributed by atoms with E-state index in [4.69, 9.17) is 5.73 Å². The van der Waals surface area contributed by atoms with E-state index in [0.29, 0.717) is 12.5 Å². The van der Waals surface area contributed by atoms with Gasteiger partial charge in [-0.1, -0.05) is 52.0 Å². The lowest BCUT2D eigenvalue weighted by molar-refractivity contribution is 0.340. The van der Waals surface area contributed by atoms with E-state index in [1.165, 1.54) is 12.0 Å². The van der Waals surface area contributed by atoms with E-state index < -0.39 is 0 Å². The minimum absolute atomic E-state index is 0.201. The molecule has 0 aromatic rings. The summed E-state index contributed by atoms with van der Waals surface area (Å²) in [7, 11) is 0. The van der Waals surface area contributed by atoms with E-state index in [1.54, 1.807) is 0 Å². The van der Waals surface area contributed by atoms with Crippen LogP contribution in [0.25, 0.3) is 0 Å². The normalized spacial score (nSPS) is 11.9. The van der Waals surface area contributed by atoms with E-state index in [2.05, 4.69) is 40.9 Å². The Balaban J connectivity index is 4.28. The Morgan fingerprint density at radius 2 is 1.79 bits per heavy atom. The van der Waals surface area contributed by atoms with Crippen LogP contribution < -0.4 is 5.73 Å². The number of hydrogen-bond donors (Lipinski definition) is 1. The summed E-state index contributed by atoms with van der Waals surface area (Å²) in [6, 6.07) is 0. The topological polar surface area (TPSA) is 26.0 Å². The molecule has 82 valence electrons. The summed E-state index contributed by atoms with van der Waals surface area (Å²) in [5.41, 5.74) is 8.05. The van der Waals surface area contributed by atoms with Crippen molar-refractivity contribution in [1.29, 1.82) is 0 Å². The fraction of sp³-hybridized carbons (Fsp3) is 0.692. The molecule has 0 aromatic carbocycles. The predicted octanol–water partition coefficient (Wildman–Crippen LogP) is 3.52. The lowest BCUT2D eigenvalue weighted by atomic mass is 9.76. The molecule has 0 spiro atoms. The molecule has 0 aromatic heterocycles. The molecule has 0 unspecified atom stereocenters. The Morgan fingerprint density at radius 3 is 2.14 bits per heavy atom. The zero-order valence-corrected chi connectivity index (χ0v) is 10.2. The van der Waals surface area contributed by atoms with E-state index in [1.807, 2.05) is 0 Å². The SMILES string of the molecule is C=C(CN)CC(=C)C(C)(C)CC(C)C. The minimum Gasteiger partial charge on any atom is -0.327 e. The highest BCUT2D eigenvalue weighted by Crippen LogP contribution is 2.35. The van der Waals surface area contributed by atoms with Crippen LogP contribution in [-0.2, 0) is 0 Å². The highest BCUT2D eigenvalue weighted by atomic mass is 14.5. The Morgan fingerprint density at radius 1 is 1.29 bits per heavy atom. The third-order valence-corrected chi connectivity index (χ3v) is 2.63. The standard InChI is InChI=1S/C13H25N/c1-10(2)8-13(5,6)12(4)7-11(3)9-14/h10H,3-4,7-9,14H2,1-2,5-6H3. The average Bonchev–Trinajstić information content (AvgIpc) is 2.01. The van der Waals surface area contributed by atoms with Gasteiger partial charge in [0, 0.05) is 6.54 Å². The predicted molar refractivity (Wildman–Crippen MR) is 65.2 cm³/mol. The second-order valence-corrected chi connectivity index (χ2v) is 5.22. The molecule has 0 heterocycles. The molecule has 14 heavy (non-hydrogen) atoms. The van der Waals surface area contributed by atoms with Gasteiger partial charge in [-0.2, -0.15) is 0 Å². The first-order chi connectivity index (χ1) is 6.29. The number of nitrogens with two attached hydrogens (primary N) is 1. The summed E-state index contributed by atoms with van der Waals surface area (Å²) in [6.45, 7) is 17.6. The van der Waals surface area contributed by atoms with Crippen LogP contribution in [0.4, 0.5) is 0 Å². The van der Waals surface area contributed by atoms with Crippen LogP contribution >= 0.6 is 0 Å². The van der Waals surface area contributed by atoms with Gasteiger partial charge >= 0.3 is 0 Å². The molecule has 0 bridgehead atoms. The van der Waals surface area contributed by atoms with Gasteiger partial charge in [0.05, 0.1) is 0 Å². The summed E-state index contributed by atoms with van der Waals surface area (Å²) >= 11 is 0. The van der Waals surface area contributed by atoms with Crippen LogP contribution in [0.1, 0.15) is 40.5 Å². The number of rotatable bonds is 6. The maximum absolute atomic E-state index is 5.52. The summed E-state index contributed by atoms with van der Waals surface area (Å²) in [5, 5.41) is 0. The highest BCUT2D eigenvalue weighted by Gasteiger charge is 2.22. The molecule has 0 fully saturated rings. The van der Waals surface area contributed by atoms with Crippen molar-refractivity contribution in [2.24, 2.45) is 17.1 Å². The molecule has 0 radical (unpaired) electrons. The monoisotopic (exact) mass is 195 g/mol. The number of hydrogen-bond acceptors (Lipinski definition) is 1. The van der Waals surface area contributed by atoms with Crippen LogP contribution in [0, 0.1) is 11.3 Å². The van der Waals surface area contributed by atoms with Crippen molar-refractivity contribution in [2.45, 2.75) is 40.5 Å². The van der Waals surface area contributed by atoms with Crippen LogP contribution in [0.2, 0.25) is 0 Å². The number of allylic oxidation sites excluding steroid dienone is 1. The first-order valence-corrected chi connectivity index (χ1v) is 5.34. The van der Waals surface area contributed by atoms with Gasteiger partial charge < -0.3 is 5.73 Å². The second kappa shape index (κ2) is 5.35. The van der Waals surface area contributed by atoms with Crippen molar-refractivity contribution in [3.63, 3.8) is 0 Å². The maximum Gasteiger partial charge on any atom is 0.0137 e. The lowest BCUT2D eigenvalue weighted by Gasteiger charge is -2.29. The van der Waals surface area contributed by atoms with Gasteiger partial charge in [0.1, 0.15) is 0 Å². The molecule has 0 aliphatic rings. The lowest BCUT2D eigenvalue weighted by Crippen LogP contribution is -2.18. The van der Waals surface area contributed by atoms with Crippen molar-refractivity contribution in [3.8, 4) is 0 Å². The molecular weight excluding hydrogens is 170 g/mol. The molecule has 0 atom stereocenters. The van der Waals surface area contributed by atoms with Crippen LogP contribution in [0.15, 0.2) is 24.3 Å². The zero-order chi connectivity index (χ0) is 11.4. The maximum atomic E-state index is 5.52. The zero-order valence-electron chi connectivity index (χ0n) is 10.2. The van der Waals surface area contributed by atoms with Gasteiger partial charge in [-0.15, -0.1) is 0 Å². The largest absolute Gasteiger partial charge is 0.327 e. The molecule has 0 aliphatic heterocycles. The molecule has 0 saturated heterocycles. The smallest absolute Gasteiger partial charge is 0.0137 e.